The van der Waals surface area contributed by atoms with Crippen LogP contribution in [-0.4, -0.2) is 15.8 Å². The Hall–Kier alpha value is -2.77. The second kappa shape index (κ2) is 7.42. The number of carbonyl (C=O) groups is 1. The summed E-state index contributed by atoms with van der Waals surface area (Å²) in [5, 5.41) is 14.7. The molecule has 25 heavy (non-hydrogen) atoms. The number of benzene rings is 2. The van der Waals surface area contributed by atoms with Crippen molar-refractivity contribution in [1.29, 1.82) is 0 Å². The lowest BCUT2D eigenvalue weighted by atomic mass is 10.1. The van der Waals surface area contributed by atoms with Crippen molar-refractivity contribution in [2.45, 2.75) is 6.42 Å². The molecular weight excluding hydrogens is 362 g/mol. The first-order valence-corrected chi connectivity index (χ1v) is 8.46. The third kappa shape index (κ3) is 4.20. The number of halogens is 1. The van der Waals surface area contributed by atoms with Crippen molar-refractivity contribution in [2.75, 3.05) is 5.32 Å². The van der Waals surface area contributed by atoms with Gasteiger partial charge >= 0.3 is 0 Å². The topological polar surface area (TPSA) is 85.1 Å². The quantitative estimate of drug-likeness (QED) is 0.525. The summed E-state index contributed by atoms with van der Waals surface area (Å²) in [4.78, 5) is 27.8. The number of amides is 1. The average molecular weight is 374 g/mol. The number of hydrogen-bond donors (Lipinski definition) is 1. The lowest BCUT2D eigenvalue weighted by molar-refractivity contribution is -0.385. The zero-order valence-corrected chi connectivity index (χ0v) is 14.4. The van der Waals surface area contributed by atoms with Gasteiger partial charge in [0.1, 0.15) is 5.56 Å². The third-order valence-corrected chi connectivity index (χ3v) is 4.58. The van der Waals surface area contributed by atoms with Crippen LogP contribution in [0.1, 0.15) is 20.8 Å². The van der Waals surface area contributed by atoms with Gasteiger partial charge in [-0.2, -0.15) is 0 Å². The standard InChI is InChI=1S/C17H12ClN3O3S/c18-12-7-5-11(6-8-12)9-13-10-19-17(25-13)20-16(22)14-3-1-2-4-15(14)21(23)24/h1-8,10H,9H2,(H,19,20,22). The van der Waals surface area contributed by atoms with Crippen molar-refractivity contribution < 1.29 is 9.72 Å². The normalized spacial score (nSPS) is 10.4. The lowest BCUT2D eigenvalue weighted by Crippen LogP contribution is -2.13. The van der Waals surface area contributed by atoms with Crippen LogP contribution in [0.4, 0.5) is 10.8 Å². The second-order valence-electron chi connectivity index (χ2n) is 5.16. The molecule has 126 valence electrons. The molecular formula is C17H12ClN3O3S. The molecule has 6 nitrogen and oxygen atoms in total. The Balaban J connectivity index is 1.72. The van der Waals surface area contributed by atoms with Crippen LogP contribution in [0.5, 0.6) is 0 Å². The fourth-order valence-electron chi connectivity index (χ4n) is 2.24. The molecule has 0 fully saturated rings. The number of aromatic nitrogens is 1. The Labute approximate surface area is 152 Å². The zero-order chi connectivity index (χ0) is 17.8. The first-order valence-electron chi connectivity index (χ1n) is 7.27. The molecule has 1 amide bonds. The van der Waals surface area contributed by atoms with E-state index in [2.05, 4.69) is 10.3 Å². The van der Waals surface area contributed by atoms with Crippen LogP contribution in [0, 0.1) is 10.1 Å². The molecule has 3 rings (SSSR count). The monoisotopic (exact) mass is 373 g/mol. The molecule has 1 aromatic heterocycles. The lowest BCUT2D eigenvalue weighted by Gasteiger charge is -2.02. The van der Waals surface area contributed by atoms with E-state index in [1.54, 1.807) is 12.3 Å². The molecule has 0 bridgehead atoms. The van der Waals surface area contributed by atoms with E-state index in [9.17, 15) is 14.9 Å². The van der Waals surface area contributed by atoms with Gasteiger partial charge in [-0.05, 0) is 23.8 Å². The van der Waals surface area contributed by atoms with Gasteiger partial charge in [-0.3, -0.25) is 20.2 Å². The van der Waals surface area contributed by atoms with Gasteiger partial charge in [0.2, 0.25) is 0 Å². The van der Waals surface area contributed by atoms with Crippen molar-refractivity contribution >= 4 is 39.7 Å². The van der Waals surface area contributed by atoms with Gasteiger partial charge in [0.05, 0.1) is 4.92 Å². The molecule has 0 atom stereocenters. The SMILES string of the molecule is O=C(Nc1ncc(Cc2ccc(Cl)cc2)s1)c1ccccc1[N+](=O)[O-]. The van der Waals surface area contributed by atoms with Crippen LogP contribution in [0.2, 0.25) is 5.02 Å². The molecule has 0 unspecified atom stereocenters. The Morgan fingerprint density at radius 2 is 1.92 bits per heavy atom. The Morgan fingerprint density at radius 3 is 2.64 bits per heavy atom. The van der Waals surface area contributed by atoms with E-state index in [-0.39, 0.29) is 11.3 Å². The summed E-state index contributed by atoms with van der Waals surface area (Å²) in [5.74, 6) is -0.556. The van der Waals surface area contributed by atoms with Crippen molar-refractivity contribution in [3.8, 4) is 0 Å². The maximum Gasteiger partial charge on any atom is 0.282 e. The van der Waals surface area contributed by atoms with Crippen LogP contribution in [-0.2, 0) is 6.42 Å². The Kier molecular flexibility index (Phi) is 5.06. The van der Waals surface area contributed by atoms with Crippen LogP contribution in [0.15, 0.2) is 54.7 Å². The first kappa shape index (κ1) is 17.1. The Morgan fingerprint density at radius 1 is 1.20 bits per heavy atom. The van der Waals surface area contributed by atoms with Crippen molar-refractivity contribution in [3.05, 3.63) is 85.9 Å². The average Bonchev–Trinajstić information content (AvgIpc) is 3.03. The molecule has 2 aromatic carbocycles. The number of para-hydroxylation sites is 1. The predicted molar refractivity (Wildman–Crippen MR) is 97.4 cm³/mol. The molecule has 3 aromatic rings. The molecule has 0 aliphatic heterocycles. The fraction of sp³-hybridized carbons (Fsp3) is 0.0588. The number of nitro benzene ring substituents is 1. The number of nitro groups is 1. The van der Waals surface area contributed by atoms with E-state index in [0.717, 1.165) is 10.4 Å². The summed E-state index contributed by atoms with van der Waals surface area (Å²) in [6.07, 6.45) is 2.34. The number of nitrogens with one attached hydrogen (secondary N) is 1. The van der Waals surface area contributed by atoms with Crippen LogP contribution >= 0.6 is 22.9 Å². The van der Waals surface area contributed by atoms with Gasteiger partial charge in [-0.1, -0.05) is 35.9 Å². The fourth-order valence-corrected chi connectivity index (χ4v) is 3.21. The third-order valence-electron chi connectivity index (χ3n) is 3.41. The summed E-state index contributed by atoms with van der Waals surface area (Å²) >= 11 is 7.19. The van der Waals surface area contributed by atoms with E-state index in [1.165, 1.54) is 29.5 Å². The van der Waals surface area contributed by atoms with E-state index in [1.807, 2.05) is 24.3 Å². The minimum atomic E-state index is -0.581. The van der Waals surface area contributed by atoms with E-state index >= 15 is 0 Å². The van der Waals surface area contributed by atoms with Crippen molar-refractivity contribution in [1.82, 2.24) is 4.98 Å². The van der Waals surface area contributed by atoms with Crippen LogP contribution in [0.3, 0.4) is 0 Å². The van der Waals surface area contributed by atoms with Crippen molar-refractivity contribution in [3.63, 3.8) is 0 Å². The Bertz CT molecular complexity index is 925. The largest absolute Gasteiger partial charge is 0.298 e. The van der Waals surface area contributed by atoms with E-state index in [0.29, 0.717) is 16.6 Å². The predicted octanol–water partition coefficient (Wildman–Crippen LogP) is 4.55. The molecule has 0 saturated carbocycles. The van der Waals surface area contributed by atoms with E-state index in [4.69, 9.17) is 11.6 Å². The first-order chi connectivity index (χ1) is 12.0. The molecule has 0 radical (unpaired) electrons. The highest BCUT2D eigenvalue weighted by atomic mass is 35.5. The highest BCUT2D eigenvalue weighted by molar-refractivity contribution is 7.15. The van der Waals surface area contributed by atoms with Gasteiger partial charge in [0, 0.05) is 28.6 Å². The smallest absolute Gasteiger partial charge is 0.282 e. The molecule has 1 heterocycles. The summed E-state index contributed by atoms with van der Waals surface area (Å²) in [7, 11) is 0. The number of anilines is 1. The molecule has 0 aliphatic rings. The number of nitrogens with zero attached hydrogens (tertiary/aromatic N) is 2. The maximum atomic E-state index is 12.3. The number of hydrogen-bond acceptors (Lipinski definition) is 5. The molecule has 8 heteroatoms. The summed E-state index contributed by atoms with van der Waals surface area (Å²) in [5.41, 5.74) is 0.838. The highest BCUT2D eigenvalue weighted by Gasteiger charge is 2.20. The van der Waals surface area contributed by atoms with Gasteiger partial charge < -0.3 is 0 Å². The summed E-state index contributed by atoms with van der Waals surface area (Å²) in [6.45, 7) is 0. The second-order valence-corrected chi connectivity index (χ2v) is 6.71. The zero-order valence-electron chi connectivity index (χ0n) is 12.8. The molecule has 0 aliphatic carbocycles. The minimum absolute atomic E-state index is 0.00181. The van der Waals surface area contributed by atoms with Gasteiger partial charge in [0.25, 0.3) is 11.6 Å². The van der Waals surface area contributed by atoms with Gasteiger partial charge in [0.15, 0.2) is 5.13 Å². The van der Waals surface area contributed by atoms with Crippen LogP contribution in [0.25, 0.3) is 0 Å². The molecule has 1 N–H and O–H groups in total. The van der Waals surface area contributed by atoms with Gasteiger partial charge in [-0.25, -0.2) is 4.98 Å². The number of carbonyl (C=O) groups excluding carboxylic acids is 1. The number of rotatable bonds is 5. The summed E-state index contributed by atoms with van der Waals surface area (Å²) in [6, 6.07) is 13.3. The van der Waals surface area contributed by atoms with Crippen molar-refractivity contribution in [2.24, 2.45) is 0 Å². The maximum absolute atomic E-state index is 12.3. The number of thiazole rings is 1. The minimum Gasteiger partial charge on any atom is -0.298 e. The van der Waals surface area contributed by atoms with Gasteiger partial charge in [-0.15, -0.1) is 11.3 Å². The highest BCUT2D eigenvalue weighted by Crippen LogP contribution is 2.24. The van der Waals surface area contributed by atoms with E-state index < -0.39 is 10.8 Å². The summed E-state index contributed by atoms with van der Waals surface area (Å²) < 4.78 is 0. The molecule has 0 spiro atoms. The molecule has 0 saturated heterocycles. The van der Waals surface area contributed by atoms with Crippen LogP contribution < -0.4 is 5.32 Å².